The standard InChI is InChI=1S/C10H17NO3/c1-8-6-11(4-5-14-8)7-10(2-3-10)9(12)13/h8H,2-7H2,1H3,(H,12,13)/t8-/m1/s1. The van der Waals surface area contributed by atoms with Gasteiger partial charge in [-0.05, 0) is 19.8 Å². The molecule has 2 aliphatic rings. The van der Waals surface area contributed by atoms with E-state index in [1.165, 1.54) is 0 Å². The van der Waals surface area contributed by atoms with Crippen LogP contribution >= 0.6 is 0 Å². The summed E-state index contributed by atoms with van der Waals surface area (Å²) in [4.78, 5) is 13.2. The molecule has 0 spiro atoms. The molecule has 0 aromatic rings. The normalized spacial score (nSPS) is 31.4. The lowest BCUT2D eigenvalue weighted by atomic mass is 10.1. The molecule has 1 saturated heterocycles. The highest BCUT2D eigenvalue weighted by Crippen LogP contribution is 2.46. The van der Waals surface area contributed by atoms with Gasteiger partial charge >= 0.3 is 5.97 Å². The highest BCUT2D eigenvalue weighted by molar-refractivity contribution is 5.78. The summed E-state index contributed by atoms with van der Waals surface area (Å²) in [7, 11) is 0. The van der Waals surface area contributed by atoms with Gasteiger partial charge in [-0.1, -0.05) is 0 Å². The van der Waals surface area contributed by atoms with E-state index in [-0.39, 0.29) is 6.10 Å². The summed E-state index contributed by atoms with van der Waals surface area (Å²) in [6.45, 7) is 5.22. The number of carboxylic acid groups (broad SMARTS) is 1. The maximum atomic E-state index is 11.0. The molecule has 0 radical (unpaired) electrons. The van der Waals surface area contributed by atoms with Gasteiger partial charge in [-0.15, -0.1) is 0 Å². The molecule has 0 unspecified atom stereocenters. The Kier molecular flexibility index (Phi) is 2.49. The van der Waals surface area contributed by atoms with Gasteiger partial charge in [0.2, 0.25) is 0 Å². The maximum Gasteiger partial charge on any atom is 0.310 e. The van der Waals surface area contributed by atoms with Gasteiger partial charge in [-0.25, -0.2) is 0 Å². The summed E-state index contributed by atoms with van der Waals surface area (Å²) in [6.07, 6.45) is 1.93. The first kappa shape index (κ1) is 9.93. The van der Waals surface area contributed by atoms with Crippen molar-refractivity contribution in [3.05, 3.63) is 0 Å². The molecule has 1 saturated carbocycles. The van der Waals surface area contributed by atoms with Crippen molar-refractivity contribution in [2.45, 2.75) is 25.9 Å². The highest BCUT2D eigenvalue weighted by Gasteiger charge is 2.51. The Balaban J connectivity index is 1.88. The Morgan fingerprint density at radius 1 is 1.64 bits per heavy atom. The Morgan fingerprint density at radius 2 is 2.36 bits per heavy atom. The fourth-order valence-corrected chi connectivity index (χ4v) is 2.05. The molecule has 0 bridgehead atoms. The summed E-state index contributed by atoms with van der Waals surface area (Å²) in [5, 5.41) is 9.04. The van der Waals surface area contributed by atoms with Gasteiger partial charge < -0.3 is 9.84 Å². The van der Waals surface area contributed by atoms with Gasteiger partial charge in [0.1, 0.15) is 0 Å². The molecule has 4 nitrogen and oxygen atoms in total. The second kappa shape index (κ2) is 3.51. The van der Waals surface area contributed by atoms with Crippen LogP contribution in [0.4, 0.5) is 0 Å². The molecule has 1 heterocycles. The van der Waals surface area contributed by atoms with E-state index in [1.54, 1.807) is 0 Å². The smallest absolute Gasteiger partial charge is 0.310 e. The number of rotatable bonds is 3. The summed E-state index contributed by atoms with van der Waals surface area (Å²) >= 11 is 0. The summed E-state index contributed by atoms with van der Waals surface area (Å²) < 4.78 is 5.41. The van der Waals surface area contributed by atoms with E-state index in [1.807, 2.05) is 6.92 Å². The van der Waals surface area contributed by atoms with Crippen molar-refractivity contribution in [3.63, 3.8) is 0 Å². The molecule has 1 aliphatic heterocycles. The minimum Gasteiger partial charge on any atom is -0.481 e. The third-order valence-corrected chi connectivity index (χ3v) is 3.16. The minimum absolute atomic E-state index is 0.244. The fourth-order valence-electron chi connectivity index (χ4n) is 2.05. The summed E-state index contributed by atoms with van der Waals surface area (Å²) in [5.74, 6) is -0.628. The predicted molar refractivity (Wildman–Crippen MR) is 51.2 cm³/mol. The largest absolute Gasteiger partial charge is 0.481 e. The minimum atomic E-state index is -0.628. The fraction of sp³-hybridized carbons (Fsp3) is 0.900. The number of carboxylic acids is 1. The van der Waals surface area contributed by atoms with Crippen LogP contribution in [-0.4, -0.2) is 48.3 Å². The molecule has 1 atom stereocenters. The molecule has 0 aromatic carbocycles. The topological polar surface area (TPSA) is 49.8 Å². The van der Waals surface area contributed by atoms with Gasteiger partial charge in [0.05, 0.1) is 18.1 Å². The van der Waals surface area contributed by atoms with Gasteiger partial charge in [-0.2, -0.15) is 0 Å². The van der Waals surface area contributed by atoms with E-state index in [2.05, 4.69) is 4.90 Å². The van der Waals surface area contributed by atoms with Crippen LogP contribution < -0.4 is 0 Å². The quantitative estimate of drug-likeness (QED) is 0.722. The lowest BCUT2D eigenvalue weighted by Crippen LogP contribution is -2.45. The van der Waals surface area contributed by atoms with E-state index in [0.29, 0.717) is 6.54 Å². The third-order valence-electron chi connectivity index (χ3n) is 3.16. The van der Waals surface area contributed by atoms with Crippen molar-refractivity contribution in [1.29, 1.82) is 0 Å². The monoisotopic (exact) mass is 199 g/mol. The molecule has 1 N–H and O–H groups in total. The van der Waals surface area contributed by atoms with Crippen molar-refractivity contribution >= 4 is 5.97 Å². The molecule has 2 rings (SSSR count). The number of aliphatic carboxylic acids is 1. The first-order valence-corrected chi connectivity index (χ1v) is 5.20. The first-order valence-electron chi connectivity index (χ1n) is 5.20. The average molecular weight is 199 g/mol. The molecule has 0 amide bonds. The van der Waals surface area contributed by atoms with Crippen molar-refractivity contribution in [2.24, 2.45) is 5.41 Å². The van der Waals surface area contributed by atoms with E-state index >= 15 is 0 Å². The number of hydrogen-bond donors (Lipinski definition) is 1. The van der Waals surface area contributed by atoms with Gasteiger partial charge in [-0.3, -0.25) is 9.69 Å². The van der Waals surface area contributed by atoms with Crippen LogP contribution in [0.25, 0.3) is 0 Å². The summed E-state index contributed by atoms with van der Waals surface area (Å²) in [6, 6.07) is 0. The first-order chi connectivity index (χ1) is 6.62. The van der Waals surface area contributed by atoms with E-state index in [9.17, 15) is 4.79 Å². The molecule has 1 aliphatic carbocycles. The van der Waals surface area contributed by atoms with Crippen molar-refractivity contribution < 1.29 is 14.6 Å². The van der Waals surface area contributed by atoms with E-state index < -0.39 is 11.4 Å². The lowest BCUT2D eigenvalue weighted by molar-refractivity contribution is -0.145. The maximum absolute atomic E-state index is 11.0. The SMILES string of the molecule is C[C@@H]1CN(CC2(C(=O)O)CC2)CCO1. The number of nitrogens with zero attached hydrogens (tertiary/aromatic N) is 1. The second-order valence-electron chi connectivity index (χ2n) is 4.50. The van der Waals surface area contributed by atoms with Crippen LogP contribution in [0.5, 0.6) is 0 Å². The number of carbonyl (C=O) groups is 1. The van der Waals surface area contributed by atoms with E-state index in [0.717, 1.165) is 32.5 Å². The zero-order chi connectivity index (χ0) is 10.2. The van der Waals surface area contributed by atoms with Gasteiger partial charge in [0, 0.05) is 19.6 Å². The Bertz CT molecular complexity index is 238. The molecule has 80 valence electrons. The average Bonchev–Trinajstić information content (AvgIpc) is 2.85. The van der Waals surface area contributed by atoms with Crippen LogP contribution in [-0.2, 0) is 9.53 Å². The molecular weight excluding hydrogens is 182 g/mol. The van der Waals surface area contributed by atoms with Crippen LogP contribution in [0.1, 0.15) is 19.8 Å². The molecule has 14 heavy (non-hydrogen) atoms. The Morgan fingerprint density at radius 3 is 2.86 bits per heavy atom. The predicted octanol–water partition coefficient (Wildman–Crippen LogP) is 0.572. The summed E-state index contributed by atoms with van der Waals surface area (Å²) in [5.41, 5.74) is -0.420. The lowest BCUT2D eigenvalue weighted by Gasteiger charge is -2.32. The number of ether oxygens (including phenoxy) is 1. The highest BCUT2D eigenvalue weighted by atomic mass is 16.5. The second-order valence-corrected chi connectivity index (χ2v) is 4.50. The van der Waals surface area contributed by atoms with Crippen LogP contribution in [0.15, 0.2) is 0 Å². The zero-order valence-electron chi connectivity index (χ0n) is 8.53. The van der Waals surface area contributed by atoms with Crippen LogP contribution in [0.2, 0.25) is 0 Å². The van der Waals surface area contributed by atoms with Gasteiger partial charge in [0.25, 0.3) is 0 Å². The molecule has 2 fully saturated rings. The van der Waals surface area contributed by atoms with Crippen LogP contribution in [0, 0.1) is 5.41 Å². The van der Waals surface area contributed by atoms with Crippen molar-refractivity contribution in [2.75, 3.05) is 26.2 Å². The van der Waals surface area contributed by atoms with Crippen LogP contribution in [0.3, 0.4) is 0 Å². The number of hydrogen-bond acceptors (Lipinski definition) is 3. The van der Waals surface area contributed by atoms with E-state index in [4.69, 9.17) is 9.84 Å². The third kappa shape index (κ3) is 1.91. The number of morpholine rings is 1. The Labute approximate surface area is 83.8 Å². The van der Waals surface area contributed by atoms with Gasteiger partial charge in [0.15, 0.2) is 0 Å². The molecular formula is C10H17NO3. The molecule has 0 aromatic heterocycles. The van der Waals surface area contributed by atoms with Crippen molar-refractivity contribution in [1.82, 2.24) is 4.90 Å². The Hall–Kier alpha value is -0.610. The van der Waals surface area contributed by atoms with Crippen molar-refractivity contribution in [3.8, 4) is 0 Å². The molecule has 4 heteroatoms. The zero-order valence-corrected chi connectivity index (χ0v) is 8.53.